The van der Waals surface area contributed by atoms with Crippen molar-refractivity contribution in [1.82, 2.24) is 9.80 Å². The molecule has 0 spiro atoms. The van der Waals surface area contributed by atoms with Gasteiger partial charge in [0.1, 0.15) is 17.8 Å². The first-order chi connectivity index (χ1) is 15.1. The van der Waals surface area contributed by atoms with Gasteiger partial charge >= 0.3 is 0 Å². The Kier molecular flexibility index (Phi) is 6.70. The maximum Gasteiger partial charge on any atom is 0.157 e. The van der Waals surface area contributed by atoms with Crippen molar-refractivity contribution >= 4 is 12.0 Å². The van der Waals surface area contributed by atoms with Gasteiger partial charge in [0.05, 0.1) is 6.04 Å². The molecule has 1 N–H and O–H groups in total. The average molecular weight is 421 g/mol. The van der Waals surface area contributed by atoms with Crippen molar-refractivity contribution in [2.45, 2.75) is 12.2 Å². The van der Waals surface area contributed by atoms with E-state index in [1.807, 2.05) is 41.3 Å². The molecule has 31 heavy (non-hydrogen) atoms. The Labute approximate surface area is 181 Å². The van der Waals surface area contributed by atoms with Crippen molar-refractivity contribution in [2.75, 3.05) is 31.5 Å². The monoisotopic (exact) mass is 421 g/mol. The Morgan fingerprint density at radius 2 is 1.23 bits per heavy atom. The van der Waals surface area contributed by atoms with Crippen LogP contribution in [0, 0.1) is 11.6 Å². The standard InChI is InChI=1S/C25H25F2N3O/c26-21-15-22(27)17-23(16-21)28-24(18-31)29-11-13-30(14-12-29)25(19-7-3-1-4-8-19)20-9-5-2-6-10-20/h1-10,15-18,24-25,28H,11-14H2. The molecular formula is C25H25F2N3O. The molecule has 1 aliphatic heterocycles. The third-order valence-corrected chi connectivity index (χ3v) is 5.64. The SMILES string of the molecule is O=CC(Nc1cc(F)cc(F)c1)N1CCN(C(c2ccccc2)c2ccccc2)CC1. The summed E-state index contributed by atoms with van der Waals surface area (Å²) >= 11 is 0. The highest BCUT2D eigenvalue weighted by Gasteiger charge is 2.29. The first-order valence-electron chi connectivity index (χ1n) is 10.4. The number of carbonyl (C=O) groups is 1. The van der Waals surface area contributed by atoms with Crippen LogP contribution >= 0.6 is 0 Å². The molecule has 3 aromatic carbocycles. The smallest absolute Gasteiger partial charge is 0.157 e. The molecule has 6 heteroatoms. The summed E-state index contributed by atoms with van der Waals surface area (Å²) in [5.74, 6) is -1.35. The van der Waals surface area contributed by atoms with Crippen LogP contribution in [0.15, 0.2) is 78.9 Å². The van der Waals surface area contributed by atoms with Crippen molar-refractivity contribution in [3.63, 3.8) is 0 Å². The third-order valence-electron chi connectivity index (χ3n) is 5.64. The molecule has 160 valence electrons. The highest BCUT2D eigenvalue weighted by molar-refractivity contribution is 5.64. The zero-order valence-corrected chi connectivity index (χ0v) is 17.1. The highest BCUT2D eigenvalue weighted by atomic mass is 19.1. The number of piperazine rings is 1. The van der Waals surface area contributed by atoms with Crippen LogP contribution in [0.4, 0.5) is 14.5 Å². The zero-order valence-electron chi connectivity index (χ0n) is 17.1. The Hall–Kier alpha value is -3.09. The van der Waals surface area contributed by atoms with Gasteiger partial charge in [0.2, 0.25) is 0 Å². The lowest BCUT2D eigenvalue weighted by atomic mass is 9.96. The molecule has 1 unspecified atom stereocenters. The molecule has 0 bridgehead atoms. The van der Waals surface area contributed by atoms with Crippen LogP contribution in [0.1, 0.15) is 17.2 Å². The maximum absolute atomic E-state index is 13.5. The maximum atomic E-state index is 13.5. The molecule has 0 radical (unpaired) electrons. The lowest BCUT2D eigenvalue weighted by Crippen LogP contribution is -2.54. The Morgan fingerprint density at radius 1 is 0.742 bits per heavy atom. The summed E-state index contributed by atoms with van der Waals surface area (Å²) in [4.78, 5) is 16.1. The molecule has 0 amide bonds. The number of aldehydes is 1. The van der Waals surface area contributed by atoms with Crippen LogP contribution in [0.2, 0.25) is 0 Å². The third kappa shape index (κ3) is 5.16. The van der Waals surface area contributed by atoms with Crippen LogP contribution in [-0.4, -0.2) is 48.4 Å². The van der Waals surface area contributed by atoms with Crippen molar-refractivity contribution in [3.8, 4) is 0 Å². The molecule has 0 aromatic heterocycles. The van der Waals surface area contributed by atoms with Crippen molar-refractivity contribution < 1.29 is 13.6 Å². The van der Waals surface area contributed by atoms with E-state index in [0.717, 1.165) is 25.4 Å². The minimum Gasteiger partial charge on any atom is -0.364 e. The number of benzene rings is 3. The van der Waals surface area contributed by atoms with Crippen molar-refractivity contribution in [1.29, 1.82) is 0 Å². The molecular weight excluding hydrogens is 396 g/mol. The van der Waals surface area contributed by atoms with Gasteiger partial charge in [-0.1, -0.05) is 60.7 Å². The number of halogens is 2. The number of carbonyl (C=O) groups excluding carboxylic acids is 1. The summed E-state index contributed by atoms with van der Waals surface area (Å²) in [5.41, 5.74) is 2.70. The summed E-state index contributed by atoms with van der Waals surface area (Å²) in [6.07, 6.45) is 0.139. The minimum atomic E-state index is -0.675. The van der Waals surface area contributed by atoms with E-state index < -0.39 is 17.8 Å². The molecule has 0 aliphatic carbocycles. The summed E-state index contributed by atoms with van der Waals surface area (Å²) in [6.45, 7) is 2.84. The predicted octanol–water partition coefficient (Wildman–Crippen LogP) is 4.31. The fourth-order valence-electron chi connectivity index (χ4n) is 4.18. The van der Waals surface area contributed by atoms with E-state index >= 15 is 0 Å². The van der Waals surface area contributed by atoms with Crippen LogP contribution in [0.3, 0.4) is 0 Å². The van der Waals surface area contributed by atoms with Crippen LogP contribution < -0.4 is 5.32 Å². The number of nitrogens with one attached hydrogen (secondary N) is 1. The largest absolute Gasteiger partial charge is 0.364 e. The van der Waals surface area contributed by atoms with Gasteiger partial charge in [-0.25, -0.2) is 8.78 Å². The van der Waals surface area contributed by atoms with Gasteiger partial charge in [0.15, 0.2) is 6.29 Å². The number of nitrogens with zero attached hydrogens (tertiary/aromatic N) is 2. The van der Waals surface area contributed by atoms with Crippen molar-refractivity contribution in [2.24, 2.45) is 0 Å². The fraction of sp³-hybridized carbons (Fsp3) is 0.240. The van der Waals surface area contributed by atoms with Gasteiger partial charge in [0.25, 0.3) is 0 Å². The normalized spacial score (nSPS) is 16.2. The molecule has 1 saturated heterocycles. The summed E-state index contributed by atoms with van der Waals surface area (Å²) in [6, 6.07) is 24.1. The Bertz CT molecular complexity index is 932. The first kappa shape index (κ1) is 21.2. The fourth-order valence-corrected chi connectivity index (χ4v) is 4.18. The minimum absolute atomic E-state index is 0.129. The molecule has 1 aliphatic rings. The first-order valence-corrected chi connectivity index (χ1v) is 10.4. The van der Waals surface area contributed by atoms with Gasteiger partial charge in [-0.3, -0.25) is 14.6 Å². The van der Waals surface area contributed by atoms with E-state index in [-0.39, 0.29) is 11.7 Å². The van der Waals surface area contributed by atoms with Gasteiger partial charge in [-0.15, -0.1) is 0 Å². The highest BCUT2D eigenvalue weighted by Crippen LogP contribution is 2.29. The molecule has 1 heterocycles. The number of rotatable bonds is 7. The second-order valence-corrected chi connectivity index (χ2v) is 7.68. The van der Waals surface area contributed by atoms with E-state index in [1.165, 1.54) is 23.3 Å². The molecule has 1 fully saturated rings. The van der Waals surface area contributed by atoms with Gasteiger partial charge < -0.3 is 5.32 Å². The molecule has 1 atom stereocenters. The second-order valence-electron chi connectivity index (χ2n) is 7.68. The number of anilines is 1. The molecule has 4 rings (SSSR count). The molecule has 0 saturated carbocycles. The van der Waals surface area contributed by atoms with Crippen LogP contribution in [0.25, 0.3) is 0 Å². The lowest BCUT2D eigenvalue weighted by Gasteiger charge is -2.41. The topological polar surface area (TPSA) is 35.6 Å². The summed E-state index contributed by atoms with van der Waals surface area (Å²) in [7, 11) is 0. The molecule has 4 nitrogen and oxygen atoms in total. The molecule has 3 aromatic rings. The van der Waals surface area contributed by atoms with Gasteiger partial charge in [0, 0.05) is 37.9 Å². The van der Waals surface area contributed by atoms with Gasteiger partial charge in [-0.05, 0) is 23.3 Å². The number of hydrogen-bond acceptors (Lipinski definition) is 4. The summed E-state index contributed by atoms with van der Waals surface area (Å²) in [5, 5.41) is 2.95. The second kappa shape index (κ2) is 9.81. The van der Waals surface area contributed by atoms with Crippen LogP contribution in [0.5, 0.6) is 0 Å². The van der Waals surface area contributed by atoms with E-state index in [0.29, 0.717) is 13.1 Å². The van der Waals surface area contributed by atoms with E-state index in [9.17, 15) is 13.6 Å². The van der Waals surface area contributed by atoms with E-state index in [2.05, 4.69) is 34.5 Å². The Morgan fingerprint density at radius 3 is 1.71 bits per heavy atom. The van der Waals surface area contributed by atoms with Crippen LogP contribution in [-0.2, 0) is 4.79 Å². The van der Waals surface area contributed by atoms with E-state index in [4.69, 9.17) is 0 Å². The zero-order chi connectivity index (χ0) is 21.6. The lowest BCUT2D eigenvalue weighted by molar-refractivity contribution is -0.112. The summed E-state index contributed by atoms with van der Waals surface area (Å²) < 4.78 is 27.0. The Balaban J connectivity index is 1.47. The van der Waals surface area contributed by atoms with E-state index in [1.54, 1.807) is 0 Å². The predicted molar refractivity (Wildman–Crippen MR) is 118 cm³/mol. The number of hydrogen-bond donors (Lipinski definition) is 1. The quantitative estimate of drug-likeness (QED) is 0.577. The average Bonchev–Trinajstić information content (AvgIpc) is 2.79. The van der Waals surface area contributed by atoms with Crippen molar-refractivity contribution in [3.05, 3.63) is 102 Å². The van der Waals surface area contributed by atoms with Gasteiger partial charge in [-0.2, -0.15) is 0 Å².